The Hall–Kier alpha value is -3.63. The molecule has 3 heterocycles. The standard InChI is InChI=1S/C23H25F3N6O2/c1-4-9-30-20-18(21(33)31(10-5-2)22(30)34)28-19(29-20)16-12-27-32(13-16)14(3)15-7-6-8-17(11-15)23(24,25)26/h6-8,11-14H,4-5,9-10H2,1-3H3,(H,28,29). The third-order valence-electron chi connectivity index (χ3n) is 5.72. The fraction of sp³-hybridized carbons (Fsp3) is 0.391. The molecule has 0 aliphatic carbocycles. The highest BCUT2D eigenvalue weighted by molar-refractivity contribution is 5.75. The molecule has 180 valence electrons. The van der Waals surface area contributed by atoms with Gasteiger partial charge in [-0.2, -0.15) is 18.3 Å². The van der Waals surface area contributed by atoms with Gasteiger partial charge in [0.2, 0.25) is 0 Å². The number of halogens is 3. The molecule has 8 nitrogen and oxygen atoms in total. The molecule has 1 atom stereocenters. The molecule has 0 saturated carbocycles. The van der Waals surface area contributed by atoms with Gasteiger partial charge in [0.25, 0.3) is 5.56 Å². The van der Waals surface area contributed by atoms with Crippen LogP contribution in [0, 0.1) is 0 Å². The van der Waals surface area contributed by atoms with Gasteiger partial charge in [0, 0.05) is 19.3 Å². The molecule has 3 aromatic heterocycles. The highest BCUT2D eigenvalue weighted by Gasteiger charge is 2.31. The smallest absolute Gasteiger partial charge is 0.332 e. The first-order valence-electron chi connectivity index (χ1n) is 11.1. The molecule has 0 aliphatic rings. The summed E-state index contributed by atoms with van der Waals surface area (Å²) in [7, 11) is 0. The number of alkyl halides is 3. The summed E-state index contributed by atoms with van der Waals surface area (Å²) >= 11 is 0. The normalized spacial score (nSPS) is 13.0. The van der Waals surface area contributed by atoms with Crippen LogP contribution in [-0.4, -0.2) is 28.9 Å². The number of aryl methyl sites for hydroxylation is 1. The zero-order valence-corrected chi connectivity index (χ0v) is 19.1. The molecule has 34 heavy (non-hydrogen) atoms. The topological polar surface area (TPSA) is 90.5 Å². The van der Waals surface area contributed by atoms with Crippen LogP contribution in [0.1, 0.15) is 50.8 Å². The molecule has 4 rings (SSSR count). The van der Waals surface area contributed by atoms with Crippen LogP contribution in [0.15, 0.2) is 46.2 Å². The Kier molecular flexibility index (Phi) is 6.20. The number of hydrogen-bond donors (Lipinski definition) is 1. The van der Waals surface area contributed by atoms with Crippen molar-refractivity contribution in [2.45, 2.75) is 58.9 Å². The molecule has 1 unspecified atom stereocenters. The van der Waals surface area contributed by atoms with Crippen LogP contribution in [-0.2, 0) is 19.3 Å². The van der Waals surface area contributed by atoms with Gasteiger partial charge in [-0.15, -0.1) is 0 Å². The molecular weight excluding hydrogens is 449 g/mol. The first kappa shape index (κ1) is 23.5. The number of aromatic nitrogens is 6. The number of nitrogens with zero attached hydrogens (tertiary/aromatic N) is 5. The third kappa shape index (κ3) is 4.17. The number of benzene rings is 1. The lowest BCUT2D eigenvalue weighted by Crippen LogP contribution is -2.40. The summed E-state index contributed by atoms with van der Waals surface area (Å²) in [5.74, 6) is 0.355. The van der Waals surface area contributed by atoms with Crippen molar-refractivity contribution in [3.63, 3.8) is 0 Å². The molecule has 11 heteroatoms. The highest BCUT2D eigenvalue weighted by Crippen LogP contribution is 2.31. The number of hydrogen-bond acceptors (Lipinski definition) is 4. The minimum Gasteiger partial charge on any atom is -0.332 e. The first-order valence-corrected chi connectivity index (χ1v) is 11.1. The highest BCUT2D eigenvalue weighted by atomic mass is 19.4. The van der Waals surface area contributed by atoms with Gasteiger partial charge in [-0.3, -0.25) is 18.6 Å². The third-order valence-corrected chi connectivity index (χ3v) is 5.72. The lowest BCUT2D eigenvalue weighted by atomic mass is 10.1. The van der Waals surface area contributed by atoms with Crippen molar-refractivity contribution < 1.29 is 13.2 Å². The molecule has 0 radical (unpaired) electrons. The number of imidazole rings is 1. The van der Waals surface area contributed by atoms with E-state index < -0.39 is 29.0 Å². The monoisotopic (exact) mass is 474 g/mol. The second kappa shape index (κ2) is 8.96. The van der Waals surface area contributed by atoms with E-state index in [0.717, 1.165) is 12.1 Å². The van der Waals surface area contributed by atoms with E-state index in [-0.39, 0.29) is 11.2 Å². The molecular formula is C23H25F3N6O2. The fourth-order valence-electron chi connectivity index (χ4n) is 3.95. The van der Waals surface area contributed by atoms with Crippen LogP contribution in [0.25, 0.3) is 22.6 Å². The lowest BCUT2D eigenvalue weighted by molar-refractivity contribution is -0.137. The molecule has 0 amide bonds. The minimum absolute atomic E-state index is 0.232. The van der Waals surface area contributed by atoms with Crippen molar-refractivity contribution in [2.24, 2.45) is 0 Å². The molecule has 0 saturated heterocycles. The quantitative estimate of drug-likeness (QED) is 0.435. The van der Waals surface area contributed by atoms with E-state index in [0.29, 0.717) is 42.9 Å². The van der Waals surface area contributed by atoms with Crippen molar-refractivity contribution in [3.05, 3.63) is 68.6 Å². The van der Waals surface area contributed by atoms with E-state index >= 15 is 0 Å². The maximum atomic E-state index is 13.1. The van der Waals surface area contributed by atoms with Gasteiger partial charge in [-0.05, 0) is 37.5 Å². The Bertz CT molecular complexity index is 1440. The number of fused-ring (bicyclic) bond motifs is 1. The van der Waals surface area contributed by atoms with Gasteiger partial charge >= 0.3 is 11.9 Å². The largest absolute Gasteiger partial charge is 0.416 e. The summed E-state index contributed by atoms with van der Waals surface area (Å²) in [6.07, 6.45) is 0.0598. The van der Waals surface area contributed by atoms with Crippen molar-refractivity contribution in [1.29, 1.82) is 0 Å². The van der Waals surface area contributed by atoms with E-state index in [1.165, 1.54) is 26.1 Å². The Morgan fingerprint density at radius 2 is 1.79 bits per heavy atom. The SMILES string of the molecule is CCCn1c(=O)c2[nH]c(-c3cnn(C(C)c4cccc(C(F)(F)F)c4)c3)nc2n(CCC)c1=O. The summed E-state index contributed by atoms with van der Waals surface area (Å²) in [6, 6.07) is 4.64. The Morgan fingerprint density at radius 3 is 2.47 bits per heavy atom. The maximum absolute atomic E-state index is 13.1. The first-order chi connectivity index (χ1) is 16.2. The van der Waals surface area contributed by atoms with E-state index in [4.69, 9.17) is 0 Å². The number of nitrogens with one attached hydrogen (secondary N) is 1. The molecule has 0 fully saturated rings. The molecule has 1 N–H and O–H groups in total. The van der Waals surface area contributed by atoms with Gasteiger partial charge in [0.1, 0.15) is 11.3 Å². The Morgan fingerprint density at radius 1 is 1.09 bits per heavy atom. The molecule has 4 aromatic rings. The van der Waals surface area contributed by atoms with Crippen molar-refractivity contribution in [2.75, 3.05) is 0 Å². The van der Waals surface area contributed by atoms with Crippen LogP contribution < -0.4 is 11.2 Å². The predicted molar refractivity (Wildman–Crippen MR) is 122 cm³/mol. The second-order valence-electron chi connectivity index (χ2n) is 8.18. The van der Waals surface area contributed by atoms with Crippen LogP contribution >= 0.6 is 0 Å². The van der Waals surface area contributed by atoms with Crippen molar-refractivity contribution >= 4 is 11.2 Å². The van der Waals surface area contributed by atoms with Gasteiger partial charge in [-0.1, -0.05) is 26.0 Å². The average Bonchev–Trinajstić information content (AvgIpc) is 3.46. The summed E-state index contributed by atoms with van der Waals surface area (Å²) in [4.78, 5) is 33.3. The maximum Gasteiger partial charge on any atom is 0.416 e. The van der Waals surface area contributed by atoms with E-state index in [9.17, 15) is 22.8 Å². The summed E-state index contributed by atoms with van der Waals surface area (Å²) in [5.41, 5.74) is -0.0436. The number of aromatic amines is 1. The van der Waals surface area contributed by atoms with E-state index in [1.807, 2.05) is 13.8 Å². The number of H-pyrrole nitrogens is 1. The predicted octanol–water partition coefficient (Wildman–Crippen LogP) is 4.20. The molecule has 0 bridgehead atoms. The fourth-order valence-corrected chi connectivity index (χ4v) is 3.95. The zero-order chi connectivity index (χ0) is 24.6. The van der Waals surface area contributed by atoms with Crippen molar-refractivity contribution in [3.8, 4) is 11.4 Å². The Labute approximate surface area is 192 Å². The lowest BCUT2D eigenvalue weighted by Gasteiger charge is -2.15. The van der Waals surface area contributed by atoms with Crippen LogP contribution in [0.5, 0.6) is 0 Å². The second-order valence-corrected chi connectivity index (χ2v) is 8.18. The molecule has 0 spiro atoms. The zero-order valence-electron chi connectivity index (χ0n) is 19.1. The van der Waals surface area contributed by atoms with E-state index in [1.54, 1.807) is 19.2 Å². The summed E-state index contributed by atoms with van der Waals surface area (Å²) in [6.45, 7) is 6.28. The van der Waals surface area contributed by atoms with E-state index in [2.05, 4.69) is 15.1 Å². The van der Waals surface area contributed by atoms with Crippen LogP contribution in [0.2, 0.25) is 0 Å². The molecule has 1 aromatic carbocycles. The van der Waals surface area contributed by atoms with Crippen LogP contribution in [0.4, 0.5) is 13.2 Å². The summed E-state index contributed by atoms with van der Waals surface area (Å²) in [5, 5.41) is 4.30. The number of rotatable bonds is 7. The Balaban J connectivity index is 1.75. The summed E-state index contributed by atoms with van der Waals surface area (Å²) < 4.78 is 43.5. The molecule has 0 aliphatic heterocycles. The van der Waals surface area contributed by atoms with Crippen LogP contribution in [0.3, 0.4) is 0 Å². The van der Waals surface area contributed by atoms with Gasteiger partial charge in [-0.25, -0.2) is 9.78 Å². The van der Waals surface area contributed by atoms with Gasteiger partial charge < -0.3 is 4.98 Å². The van der Waals surface area contributed by atoms with Gasteiger partial charge in [0.15, 0.2) is 5.65 Å². The average molecular weight is 474 g/mol. The minimum atomic E-state index is -4.43. The van der Waals surface area contributed by atoms with Gasteiger partial charge in [0.05, 0.1) is 23.4 Å². The van der Waals surface area contributed by atoms with Crippen molar-refractivity contribution in [1.82, 2.24) is 28.9 Å².